The molecular formula is C11H18. The smallest absolute Gasteiger partial charge is 0.0318 e. The molecule has 11 heavy (non-hydrogen) atoms. The molecule has 0 saturated heterocycles. The van der Waals surface area contributed by atoms with Crippen LogP contribution >= 0.6 is 0 Å². The van der Waals surface area contributed by atoms with E-state index in [1.165, 1.54) is 11.8 Å². The van der Waals surface area contributed by atoms with E-state index < -0.39 is 0 Å². The van der Waals surface area contributed by atoms with Gasteiger partial charge in [0, 0.05) is 0 Å². The van der Waals surface area contributed by atoms with Crippen molar-refractivity contribution in [3.05, 3.63) is 0 Å². The van der Waals surface area contributed by atoms with Crippen molar-refractivity contribution < 1.29 is 0 Å². The zero-order valence-corrected chi connectivity index (χ0v) is 7.75. The van der Waals surface area contributed by atoms with Crippen molar-refractivity contribution in [2.24, 2.45) is 41.4 Å². The molecule has 7 unspecified atom stereocenters. The zero-order chi connectivity index (χ0) is 7.75. The number of rotatable bonds is 0. The predicted octanol–water partition coefficient (Wildman–Crippen LogP) is 2.79. The summed E-state index contributed by atoms with van der Waals surface area (Å²) in [5.74, 6) is 7.87. The summed E-state index contributed by atoms with van der Waals surface area (Å²) in [6.45, 7) is 7.41. The van der Waals surface area contributed by atoms with Gasteiger partial charge in [-0.2, -0.15) is 0 Å². The minimum absolute atomic E-state index is 1.06. The highest BCUT2D eigenvalue weighted by molar-refractivity contribution is 5.15. The monoisotopic (exact) mass is 150 g/mol. The quantitative estimate of drug-likeness (QED) is 0.498. The van der Waals surface area contributed by atoms with E-state index in [4.69, 9.17) is 0 Å². The molecule has 0 aromatic heterocycles. The Kier molecular flexibility index (Phi) is 0.990. The first-order chi connectivity index (χ1) is 5.22. The highest BCUT2D eigenvalue weighted by atomic mass is 14.7. The largest absolute Gasteiger partial charge is 0.0622 e. The minimum Gasteiger partial charge on any atom is -0.0622 e. The molecule has 7 atom stereocenters. The third kappa shape index (κ3) is 0.625. The van der Waals surface area contributed by atoms with Gasteiger partial charge < -0.3 is 0 Å². The summed E-state index contributed by atoms with van der Waals surface area (Å²) >= 11 is 0. The lowest BCUT2D eigenvalue weighted by Crippen LogP contribution is -2.07. The standard InChI is InChI=1S/C11H18/c1-5-4-8-6(2)10(8)11-7(3)9(5)11/h5-11H,4H2,1-3H3. The Morgan fingerprint density at radius 3 is 2.27 bits per heavy atom. The van der Waals surface area contributed by atoms with Crippen LogP contribution < -0.4 is 0 Å². The third-order valence-corrected chi connectivity index (χ3v) is 4.90. The molecule has 0 radical (unpaired) electrons. The normalized spacial score (nSPS) is 71.7. The van der Waals surface area contributed by atoms with Crippen LogP contribution in [0.3, 0.4) is 0 Å². The van der Waals surface area contributed by atoms with Gasteiger partial charge in [0.05, 0.1) is 0 Å². The van der Waals surface area contributed by atoms with Crippen molar-refractivity contribution in [3.63, 3.8) is 0 Å². The Hall–Kier alpha value is 0. The Morgan fingerprint density at radius 2 is 1.55 bits per heavy atom. The van der Waals surface area contributed by atoms with Gasteiger partial charge in [0.15, 0.2) is 0 Å². The molecule has 0 amide bonds. The van der Waals surface area contributed by atoms with Gasteiger partial charge in [-0.1, -0.05) is 20.8 Å². The van der Waals surface area contributed by atoms with E-state index in [0.29, 0.717) is 0 Å². The van der Waals surface area contributed by atoms with Crippen LogP contribution in [0.15, 0.2) is 0 Å². The van der Waals surface area contributed by atoms with E-state index in [1.807, 2.05) is 0 Å². The highest BCUT2D eigenvalue weighted by Gasteiger charge is 2.67. The summed E-state index contributed by atoms with van der Waals surface area (Å²) in [4.78, 5) is 0. The van der Waals surface area contributed by atoms with Gasteiger partial charge in [-0.05, 0) is 47.8 Å². The first-order valence-corrected chi connectivity index (χ1v) is 5.22. The summed E-state index contributed by atoms with van der Waals surface area (Å²) in [5.41, 5.74) is 0. The maximum Gasteiger partial charge on any atom is -0.0318 e. The third-order valence-electron chi connectivity index (χ3n) is 4.90. The first kappa shape index (κ1) is 6.51. The fourth-order valence-electron chi connectivity index (χ4n) is 4.20. The van der Waals surface area contributed by atoms with Gasteiger partial charge in [0.2, 0.25) is 0 Å². The maximum atomic E-state index is 2.47. The van der Waals surface area contributed by atoms with Crippen LogP contribution in [0.1, 0.15) is 27.2 Å². The molecule has 0 nitrogen and oxygen atoms in total. The molecule has 0 bridgehead atoms. The van der Waals surface area contributed by atoms with Crippen LogP contribution in [-0.4, -0.2) is 0 Å². The van der Waals surface area contributed by atoms with E-state index in [2.05, 4.69) is 20.8 Å². The lowest BCUT2D eigenvalue weighted by molar-refractivity contribution is 0.345. The lowest BCUT2D eigenvalue weighted by Gasteiger charge is -2.14. The topological polar surface area (TPSA) is 0 Å². The number of hydrogen-bond donors (Lipinski definition) is 0. The molecule has 0 heteroatoms. The second-order valence-corrected chi connectivity index (χ2v) is 5.33. The van der Waals surface area contributed by atoms with Crippen LogP contribution in [0.5, 0.6) is 0 Å². The highest BCUT2D eigenvalue weighted by Crippen LogP contribution is 2.72. The summed E-state index contributed by atoms with van der Waals surface area (Å²) in [7, 11) is 0. The predicted molar refractivity (Wildman–Crippen MR) is 46.1 cm³/mol. The maximum absolute atomic E-state index is 2.47. The molecule has 3 fully saturated rings. The van der Waals surface area contributed by atoms with Crippen LogP contribution in [0.4, 0.5) is 0 Å². The van der Waals surface area contributed by atoms with Crippen molar-refractivity contribution in [1.29, 1.82) is 0 Å². The van der Waals surface area contributed by atoms with Crippen molar-refractivity contribution in [2.45, 2.75) is 27.2 Å². The average Bonchev–Trinajstić information content (AvgIpc) is 2.77. The summed E-state index contributed by atoms with van der Waals surface area (Å²) in [6.07, 6.45) is 1.55. The van der Waals surface area contributed by atoms with Crippen LogP contribution in [0.25, 0.3) is 0 Å². The van der Waals surface area contributed by atoms with Crippen LogP contribution in [0, 0.1) is 41.4 Å². The molecule has 3 saturated carbocycles. The van der Waals surface area contributed by atoms with Crippen molar-refractivity contribution in [3.8, 4) is 0 Å². The van der Waals surface area contributed by atoms with E-state index in [0.717, 1.165) is 29.6 Å². The van der Waals surface area contributed by atoms with E-state index in [1.54, 1.807) is 6.42 Å². The molecule has 0 aromatic carbocycles. The molecule has 3 aliphatic carbocycles. The Morgan fingerprint density at radius 1 is 0.818 bits per heavy atom. The lowest BCUT2D eigenvalue weighted by atomic mass is 9.91. The molecule has 0 N–H and O–H groups in total. The van der Waals surface area contributed by atoms with Crippen molar-refractivity contribution in [1.82, 2.24) is 0 Å². The van der Waals surface area contributed by atoms with Gasteiger partial charge in [0.25, 0.3) is 0 Å². The number of hydrogen-bond acceptors (Lipinski definition) is 0. The zero-order valence-electron chi connectivity index (χ0n) is 7.75. The fraction of sp³-hybridized carbons (Fsp3) is 1.00. The molecule has 3 rings (SSSR count). The molecule has 62 valence electrons. The molecule has 0 aromatic rings. The average molecular weight is 150 g/mol. The second-order valence-electron chi connectivity index (χ2n) is 5.33. The number of fused-ring (bicyclic) bond motifs is 3. The molecule has 0 heterocycles. The van der Waals surface area contributed by atoms with Crippen LogP contribution in [0.2, 0.25) is 0 Å². The Balaban J connectivity index is 1.85. The minimum atomic E-state index is 1.06. The summed E-state index contributed by atoms with van der Waals surface area (Å²) < 4.78 is 0. The first-order valence-electron chi connectivity index (χ1n) is 5.22. The molecule has 0 spiro atoms. The summed E-state index contributed by atoms with van der Waals surface area (Å²) in [6, 6.07) is 0. The molecule has 3 aliphatic rings. The van der Waals surface area contributed by atoms with Crippen molar-refractivity contribution >= 4 is 0 Å². The molecule has 0 aliphatic heterocycles. The SMILES string of the molecule is CC1CC2C(C)C2C2C(C)C12. The van der Waals surface area contributed by atoms with E-state index in [9.17, 15) is 0 Å². The van der Waals surface area contributed by atoms with Crippen LogP contribution in [-0.2, 0) is 0 Å². The van der Waals surface area contributed by atoms with Gasteiger partial charge in [0.1, 0.15) is 0 Å². The Bertz CT molecular complexity index is 190. The fourth-order valence-corrected chi connectivity index (χ4v) is 4.20. The van der Waals surface area contributed by atoms with E-state index in [-0.39, 0.29) is 0 Å². The van der Waals surface area contributed by atoms with Gasteiger partial charge in [-0.25, -0.2) is 0 Å². The van der Waals surface area contributed by atoms with Gasteiger partial charge >= 0.3 is 0 Å². The molecular weight excluding hydrogens is 132 g/mol. The van der Waals surface area contributed by atoms with Gasteiger partial charge in [-0.3, -0.25) is 0 Å². The van der Waals surface area contributed by atoms with E-state index >= 15 is 0 Å². The Labute approximate surface area is 69.4 Å². The second kappa shape index (κ2) is 1.67. The van der Waals surface area contributed by atoms with Gasteiger partial charge in [-0.15, -0.1) is 0 Å². The van der Waals surface area contributed by atoms with Crippen molar-refractivity contribution in [2.75, 3.05) is 0 Å². The summed E-state index contributed by atoms with van der Waals surface area (Å²) in [5, 5.41) is 0.